The summed E-state index contributed by atoms with van der Waals surface area (Å²) >= 11 is 5.63. The van der Waals surface area contributed by atoms with E-state index in [2.05, 4.69) is 15.0 Å². The highest BCUT2D eigenvalue weighted by Crippen LogP contribution is 2.08. The molecule has 0 radical (unpaired) electrons. The summed E-state index contributed by atoms with van der Waals surface area (Å²) in [5, 5.41) is 3.01. The van der Waals surface area contributed by atoms with Crippen LogP contribution >= 0.6 is 11.6 Å². The Bertz CT molecular complexity index is 362. The Hall–Kier alpha value is -1.49. The first-order chi connectivity index (χ1) is 7.13. The van der Waals surface area contributed by atoms with Gasteiger partial charge in [0.05, 0.1) is 18.6 Å². The van der Waals surface area contributed by atoms with Gasteiger partial charge in [0.25, 0.3) is 5.91 Å². The van der Waals surface area contributed by atoms with E-state index in [1.54, 1.807) is 0 Å². The predicted molar refractivity (Wildman–Crippen MR) is 54.8 cm³/mol. The number of carbonyl (C=O) groups is 2. The monoisotopic (exact) mass is 230 g/mol. The van der Waals surface area contributed by atoms with E-state index >= 15 is 0 Å². The molecule has 0 aliphatic heterocycles. The second-order valence-corrected chi connectivity index (χ2v) is 3.25. The number of hydrogen-bond acceptors (Lipinski definition) is 3. The lowest BCUT2D eigenvalue weighted by atomic mass is 10.4. The van der Waals surface area contributed by atoms with Crippen LogP contribution in [0.2, 0.25) is 5.02 Å². The SMILES string of the molecule is COC(=O)CCNC(=O)c1cc(Cl)c[nH]1. The third kappa shape index (κ3) is 3.63. The Morgan fingerprint density at radius 2 is 2.33 bits per heavy atom. The minimum absolute atomic E-state index is 0.149. The summed E-state index contributed by atoms with van der Waals surface area (Å²) in [6.45, 7) is 0.238. The zero-order valence-corrected chi connectivity index (χ0v) is 8.93. The van der Waals surface area contributed by atoms with Crippen molar-refractivity contribution in [3.63, 3.8) is 0 Å². The number of methoxy groups -OCH3 is 1. The van der Waals surface area contributed by atoms with Gasteiger partial charge in [-0.25, -0.2) is 0 Å². The molecule has 82 valence electrons. The molecule has 0 bridgehead atoms. The molecule has 0 aromatic carbocycles. The molecule has 1 amide bonds. The van der Waals surface area contributed by atoms with E-state index in [1.807, 2.05) is 0 Å². The third-order valence-corrected chi connectivity index (χ3v) is 1.95. The van der Waals surface area contributed by atoms with Crippen LogP contribution in [-0.2, 0) is 9.53 Å². The fraction of sp³-hybridized carbons (Fsp3) is 0.333. The van der Waals surface area contributed by atoms with Crippen molar-refractivity contribution in [1.82, 2.24) is 10.3 Å². The van der Waals surface area contributed by atoms with E-state index in [4.69, 9.17) is 11.6 Å². The number of hydrogen-bond donors (Lipinski definition) is 2. The average molecular weight is 231 g/mol. The van der Waals surface area contributed by atoms with E-state index in [0.717, 1.165) is 0 Å². The Balaban J connectivity index is 2.34. The van der Waals surface area contributed by atoms with Crippen LogP contribution in [0.15, 0.2) is 12.3 Å². The molecule has 1 aromatic rings. The van der Waals surface area contributed by atoms with Crippen molar-refractivity contribution in [1.29, 1.82) is 0 Å². The zero-order valence-electron chi connectivity index (χ0n) is 8.17. The molecule has 0 unspecified atom stereocenters. The standard InChI is InChI=1S/C9H11ClN2O3/c1-15-8(13)2-3-11-9(14)7-4-6(10)5-12-7/h4-5,12H,2-3H2,1H3,(H,11,14). The Kier molecular flexibility index (Phi) is 4.17. The molecule has 0 fully saturated rings. The maximum atomic E-state index is 11.4. The van der Waals surface area contributed by atoms with Gasteiger partial charge in [-0.2, -0.15) is 0 Å². The van der Waals surface area contributed by atoms with Gasteiger partial charge in [0.15, 0.2) is 0 Å². The molecule has 0 aliphatic carbocycles. The highest BCUT2D eigenvalue weighted by atomic mass is 35.5. The van der Waals surface area contributed by atoms with Gasteiger partial charge >= 0.3 is 5.97 Å². The van der Waals surface area contributed by atoms with Gasteiger partial charge in [0, 0.05) is 12.7 Å². The third-order valence-electron chi connectivity index (χ3n) is 1.73. The topological polar surface area (TPSA) is 71.2 Å². The maximum absolute atomic E-state index is 11.4. The highest BCUT2D eigenvalue weighted by Gasteiger charge is 2.08. The number of carbonyl (C=O) groups excluding carboxylic acids is 2. The molecule has 0 atom stereocenters. The van der Waals surface area contributed by atoms with Gasteiger partial charge in [-0.15, -0.1) is 0 Å². The van der Waals surface area contributed by atoms with Crippen molar-refractivity contribution in [2.75, 3.05) is 13.7 Å². The number of ether oxygens (including phenoxy) is 1. The number of nitrogens with one attached hydrogen (secondary N) is 2. The molecule has 1 rings (SSSR count). The second-order valence-electron chi connectivity index (χ2n) is 2.81. The van der Waals surface area contributed by atoms with Crippen LogP contribution in [0.4, 0.5) is 0 Å². The molecular weight excluding hydrogens is 220 g/mol. The number of halogens is 1. The van der Waals surface area contributed by atoms with Crippen LogP contribution in [0.5, 0.6) is 0 Å². The first-order valence-corrected chi connectivity index (χ1v) is 4.70. The lowest BCUT2D eigenvalue weighted by Crippen LogP contribution is -2.26. The lowest BCUT2D eigenvalue weighted by Gasteiger charge is -2.02. The van der Waals surface area contributed by atoms with Crippen LogP contribution < -0.4 is 5.32 Å². The summed E-state index contributed by atoms with van der Waals surface area (Å²) in [4.78, 5) is 24.8. The average Bonchev–Trinajstić information content (AvgIpc) is 2.64. The predicted octanol–water partition coefficient (Wildman–Crippen LogP) is 0.961. The highest BCUT2D eigenvalue weighted by molar-refractivity contribution is 6.30. The molecular formula is C9H11ClN2O3. The number of aromatic amines is 1. The summed E-state index contributed by atoms with van der Waals surface area (Å²) in [6.07, 6.45) is 1.66. The number of rotatable bonds is 4. The molecule has 15 heavy (non-hydrogen) atoms. The minimum atomic E-state index is -0.361. The summed E-state index contributed by atoms with van der Waals surface area (Å²) in [5.74, 6) is -0.661. The number of esters is 1. The quantitative estimate of drug-likeness (QED) is 0.757. The number of amides is 1. The summed E-state index contributed by atoms with van der Waals surface area (Å²) in [5.41, 5.74) is 0.366. The second kappa shape index (κ2) is 5.41. The van der Waals surface area contributed by atoms with Crippen molar-refractivity contribution >= 4 is 23.5 Å². The maximum Gasteiger partial charge on any atom is 0.307 e. The lowest BCUT2D eigenvalue weighted by molar-refractivity contribution is -0.140. The Morgan fingerprint density at radius 1 is 1.60 bits per heavy atom. The van der Waals surface area contributed by atoms with Crippen LogP contribution in [0, 0.1) is 0 Å². The molecule has 0 saturated carbocycles. The minimum Gasteiger partial charge on any atom is -0.469 e. The van der Waals surface area contributed by atoms with Crippen molar-refractivity contribution in [2.45, 2.75) is 6.42 Å². The molecule has 0 spiro atoms. The summed E-state index contributed by atoms with van der Waals surface area (Å²) < 4.78 is 4.42. The van der Waals surface area contributed by atoms with Crippen molar-refractivity contribution in [2.24, 2.45) is 0 Å². The summed E-state index contributed by atoms with van der Waals surface area (Å²) in [6, 6.07) is 1.51. The van der Waals surface area contributed by atoms with E-state index < -0.39 is 0 Å². The van der Waals surface area contributed by atoms with Crippen molar-refractivity contribution in [3.05, 3.63) is 23.0 Å². The molecule has 2 N–H and O–H groups in total. The Morgan fingerprint density at radius 3 is 2.87 bits per heavy atom. The fourth-order valence-electron chi connectivity index (χ4n) is 0.974. The van der Waals surface area contributed by atoms with Gasteiger partial charge in [-0.1, -0.05) is 11.6 Å². The molecule has 0 aliphatic rings. The molecule has 6 heteroatoms. The fourth-order valence-corrected chi connectivity index (χ4v) is 1.14. The first kappa shape index (κ1) is 11.6. The van der Waals surface area contributed by atoms with Gasteiger partial charge in [-0.05, 0) is 6.07 Å². The molecule has 1 aromatic heterocycles. The van der Waals surface area contributed by atoms with Crippen molar-refractivity contribution < 1.29 is 14.3 Å². The van der Waals surface area contributed by atoms with Crippen molar-refractivity contribution in [3.8, 4) is 0 Å². The Labute approximate surface area is 91.8 Å². The summed E-state index contributed by atoms with van der Waals surface area (Å²) in [7, 11) is 1.30. The number of aromatic nitrogens is 1. The molecule has 5 nitrogen and oxygen atoms in total. The van der Waals surface area contributed by atoms with E-state index in [1.165, 1.54) is 19.4 Å². The van der Waals surface area contributed by atoms with E-state index in [9.17, 15) is 9.59 Å². The largest absolute Gasteiger partial charge is 0.469 e. The van der Waals surface area contributed by atoms with Gasteiger partial charge in [0.2, 0.25) is 0 Å². The first-order valence-electron chi connectivity index (χ1n) is 4.32. The van der Waals surface area contributed by atoms with E-state index in [0.29, 0.717) is 10.7 Å². The molecule has 0 saturated heterocycles. The smallest absolute Gasteiger partial charge is 0.307 e. The molecule has 1 heterocycles. The van der Waals surface area contributed by atoms with Crippen LogP contribution in [-0.4, -0.2) is 30.5 Å². The zero-order chi connectivity index (χ0) is 11.3. The van der Waals surface area contributed by atoms with Crippen LogP contribution in [0.25, 0.3) is 0 Å². The van der Waals surface area contributed by atoms with Crippen LogP contribution in [0.1, 0.15) is 16.9 Å². The normalized spacial score (nSPS) is 9.73. The van der Waals surface area contributed by atoms with Gasteiger partial charge in [0.1, 0.15) is 5.69 Å². The van der Waals surface area contributed by atoms with Gasteiger partial charge in [-0.3, -0.25) is 9.59 Å². The van der Waals surface area contributed by atoms with Crippen LogP contribution in [0.3, 0.4) is 0 Å². The van der Waals surface area contributed by atoms with Gasteiger partial charge < -0.3 is 15.0 Å². The van der Waals surface area contributed by atoms with E-state index in [-0.39, 0.29) is 24.8 Å². The number of H-pyrrole nitrogens is 1.